The molecule has 0 bridgehead atoms. The second-order valence-corrected chi connectivity index (χ2v) is 8.86. The number of aromatic nitrogens is 6. The predicted octanol–water partition coefficient (Wildman–Crippen LogP) is 4.30. The molecule has 32 heavy (non-hydrogen) atoms. The normalized spacial score (nSPS) is 14.1. The molecule has 2 aromatic carbocycles. The molecule has 0 aliphatic carbocycles. The number of benzene rings is 2. The zero-order chi connectivity index (χ0) is 21.3. The minimum Gasteiger partial charge on any atom is -0.342 e. The van der Waals surface area contributed by atoms with Crippen LogP contribution >= 0.6 is 11.8 Å². The number of nitrogens with zero attached hydrogens (tertiary/aromatic N) is 7. The van der Waals surface area contributed by atoms with Gasteiger partial charge in [-0.2, -0.15) is 0 Å². The first kappa shape index (κ1) is 19.2. The van der Waals surface area contributed by atoms with Gasteiger partial charge in [-0.25, -0.2) is 19.6 Å². The summed E-state index contributed by atoms with van der Waals surface area (Å²) < 4.78 is 7.02. The zero-order valence-corrected chi connectivity index (χ0v) is 18.2. The van der Waals surface area contributed by atoms with E-state index in [0.717, 1.165) is 64.3 Å². The fourth-order valence-corrected chi connectivity index (χ4v) is 4.85. The molecule has 1 aliphatic heterocycles. The van der Waals surface area contributed by atoms with Gasteiger partial charge in [-0.3, -0.25) is 4.57 Å². The Morgan fingerprint density at radius 3 is 2.59 bits per heavy atom. The van der Waals surface area contributed by atoms with Crippen LogP contribution in [-0.4, -0.2) is 42.9 Å². The highest BCUT2D eigenvalue weighted by Gasteiger charge is 2.21. The van der Waals surface area contributed by atoms with E-state index in [0.29, 0.717) is 0 Å². The monoisotopic (exact) mass is 443 g/mol. The number of imidazole rings is 1. The lowest BCUT2D eigenvalue weighted by atomic mass is 10.2. The first-order valence-electron chi connectivity index (χ1n) is 10.7. The van der Waals surface area contributed by atoms with E-state index in [4.69, 9.17) is 14.6 Å². The van der Waals surface area contributed by atoms with E-state index >= 15 is 0 Å². The molecule has 1 aliphatic rings. The van der Waals surface area contributed by atoms with E-state index in [1.54, 1.807) is 11.8 Å². The van der Waals surface area contributed by atoms with Crippen molar-refractivity contribution in [2.45, 2.75) is 30.3 Å². The molecule has 0 unspecified atom stereocenters. The van der Waals surface area contributed by atoms with Gasteiger partial charge in [-0.1, -0.05) is 48.2 Å². The summed E-state index contributed by atoms with van der Waals surface area (Å²) in [5.41, 5.74) is 5.59. The summed E-state index contributed by atoms with van der Waals surface area (Å²) in [5, 5.41) is 8.52. The van der Waals surface area contributed by atoms with Crippen LogP contribution in [0.25, 0.3) is 22.2 Å². The fraction of sp³-hybridized carbons (Fsp3) is 0.261. The topological polar surface area (TPSA) is 85.8 Å². The molecule has 1 saturated heterocycles. The third-order valence-corrected chi connectivity index (χ3v) is 6.64. The number of thioether (sulfide) groups is 1. The van der Waals surface area contributed by atoms with Crippen LogP contribution < -0.4 is 4.90 Å². The Morgan fingerprint density at radius 1 is 0.875 bits per heavy atom. The van der Waals surface area contributed by atoms with E-state index in [2.05, 4.69) is 49.0 Å². The molecule has 5 aromatic rings. The van der Waals surface area contributed by atoms with Gasteiger partial charge in [0.2, 0.25) is 5.95 Å². The van der Waals surface area contributed by atoms with Crippen LogP contribution in [0.1, 0.15) is 24.0 Å². The highest BCUT2D eigenvalue weighted by molar-refractivity contribution is 7.98. The molecular weight excluding hydrogens is 422 g/mol. The third-order valence-electron chi connectivity index (χ3n) is 5.70. The summed E-state index contributed by atoms with van der Waals surface area (Å²) in [6.45, 7) is 2.80. The van der Waals surface area contributed by atoms with Gasteiger partial charge in [0.25, 0.3) is 0 Å². The summed E-state index contributed by atoms with van der Waals surface area (Å²) in [5.74, 6) is 1.72. The average Bonchev–Trinajstić information content (AvgIpc) is 3.58. The Hall–Kier alpha value is -3.46. The summed E-state index contributed by atoms with van der Waals surface area (Å²) >= 11 is 1.60. The number of hydrogen-bond acceptors (Lipinski definition) is 8. The second-order valence-electron chi connectivity index (χ2n) is 7.92. The molecule has 4 heterocycles. The first-order valence-corrected chi connectivity index (χ1v) is 11.7. The SMILES string of the molecule is c1ccc(Cn2c(N3CCCC3)nc3cnc(SCc4ccc5nonc5c4)nc32)cc1. The van der Waals surface area contributed by atoms with E-state index in [9.17, 15) is 0 Å². The van der Waals surface area contributed by atoms with Crippen molar-refractivity contribution < 1.29 is 4.63 Å². The van der Waals surface area contributed by atoms with Crippen LogP contribution in [0.2, 0.25) is 0 Å². The Labute approximate surface area is 188 Å². The molecule has 1 fully saturated rings. The van der Waals surface area contributed by atoms with Gasteiger partial charge in [0.15, 0.2) is 10.8 Å². The minimum atomic E-state index is 0.734. The smallest absolute Gasteiger partial charge is 0.208 e. The summed E-state index contributed by atoms with van der Waals surface area (Å²) in [6, 6.07) is 16.4. The molecular formula is C23H21N7OS. The van der Waals surface area contributed by atoms with Gasteiger partial charge in [0, 0.05) is 18.8 Å². The van der Waals surface area contributed by atoms with Gasteiger partial charge in [-0.15, -0.1) is 0 Å². The largest absolute Gasteiger partial charge is 0.342 e. The Kier molecular flexibility index (Phi) is 4.95. The zero-order valence-electron chi connectivity index (χ0n) is 17.4. The van der Waals surface area contributed by atoms with E-state index in [-0.39, 0.29) is 0 Å². The van der Waals surface area contributed by atoms with Crippen molar-refractivity contribution in [2.75, 3.05) is 18.0 Å². The minimum absolute atomic E-state index is 0.734. The van der Waals surface area contributed by atoms with Crippen molar-refractivity contribution in [3.8, 4) is 0 Å². The molecule has 8 nitrogen and oxygen atoms in total. The lowest BCUT2D eigenvalue weighted by Crippen LogP contribution is -2.22. The number of fused-ring (bicyclic) bond motifs is 2. The van der Waals surface area contributed by atoms with Crippen LogP contribution in [0, 0.1) is 0 Å². The van der Waals surface area contributed by atoms with Crippen molar-refractivity contribution in [1.82, 2.24) is 29.8 Å². The van der Waals surface area contributed by atoms with Crippen molar-refractivity contribution >= 4 is 39.9 Å². The maximum absolute atomic E-state index is 4.91. The van der Waals surface area contributed by atoms with Gasteiger partial charge in [-0.05, 0) is 46.4 Å². The average molecular weight is 444 g/mol. The molecule has 0 saturated carbocycles. The van der Waals surface area contributed by atoms with Crippen molar-refractivity contribution in [2.24, 2.45) is 0 Å². The lowest BCUT2D eigenvalue weighted by Gasteiger charge is -2.18. The highest BCUT2D eigenvalue weighted by Crippen LogP contribution is 2.28. The van der Waals surface area contributed by atoms with Crippen LogP contribution in [-0.2, 0) is 12.3 Å². The molecule has 6 rings (SSSR count). The first-order chi connectivity index (χ1) is 15.8. The fourth-order valence-electron chi connectivity index (χ4n) is 4.10. The van der Waals surface area contributed by atoms with Crippen molar-refractivity contribution in [3.63, 3.8) is 0 Å². The quantitative estimate of drug-likeness (QED) is 0.284. The van der Waals surface area contributed by atoms with Gasteiger partial charge >= 0.3 is 0 Å². The summed E-state index contributed by atoms with van der Waals surface area (Å²) in [7, 11) is 0. The maximum Gasteiger partial charge on any atom is 0.208 e. The molecule has 9 heteroatoms. The van der Waals surface area contributed by atoms with Crippen molar-refractivity contribution in [3.05, 3.63) is 65.9 Å². The molecule has 160 valence electrons. The van der Waals surface area contributed by atoms with Crippen molar-refractivity contribution in [1.29, 1.82) is 0 Å². The van der Waals surface area contributed by atoms with Gasteiger partial charge in [0.05, 0.1) is 12.7 Å². The number of rotatable bonds is 6. The molecule has 0 spiro atoms. The Bertz CT molecular complexity index is 1380. The van der Waals surface area contributed by atoms with Crippen LogP contribution in [0.4, 0.5) is 5.95 Å². The molecule has 0 N–H and O–H groups in total. The molecule has 0 atom stereocenters. The van der Waals surface area contributed by atoms with Crippen LogP contribution in [0.5, 0.6) is 0 Å². The lowest BCUT2D eigenvalue weighted by molar-refractivity contribution is 0.315. The van der Waals surface area contributed by atoms with E-state index < -0.39 is 0 Å². The van der Waals surface area contributed by atoms with E-state index in [1.165, 1.54) is 18.4 Å². The maximum atomic E-state index is 4.91. The molecule has 0 amide bonds. The van der Waals surface area contributed by atoms with Crippen LogP contribution in [0.15, 0.2) is 64.5 Å². The number of anilines is 1. The molecule has 0 radical (unpaired) electrons. The molecule has 3 aromatic heterocycles. The van der Waals surface area contributed by atoms with Gasteiger partial charge in [0.1, 0.15) is 16.6 Å². The van der Waals surface area contributed by atoms with E-state index in [1.807, 2.05) is 30.5 Å². The second kappa shape index (κ2) is 8.23. The summed E-state index contributed by atoms with van der Waals surface area (Å²) in [4.78, 5) is 16.8. The summed E-state index contributed by atoms with van der Waals surface area (Å²) in [6.07, 6.45) is 4.25. The highest BCUT2D eigenvalue weighted by atomic mass is 32.2. The van der Waals surface area contributed by atoms with Crippen LogP contribution in [0.3, 0.4) is 0 Å². The number of hydrogen-bond donors (Lipinski definition) is 0. The predicted molar refractivity (Wildman–Crippen MR) is 124 cm³/mol. The van der Waals surface area contributed by atoms with Gasteiger partial charge < -0.3 is 4.90 Å². The Morgan fingerprint density at radius 2 is 1.72 bits per heavy atom. The standard InChI is InChI=1S/C23H21N7OS/c1-2-6-16(7-3-1)14-30-21-20(25-23(30)29-10-4-5-11-29)13-24-22(26-21)32-15-17-8-9-18-19(12-17)28-31-27-18/h1-3,6-9,12-13H,4-5,10-11,14-15H2. The third kappa shape index (κ3) is 3.69. The Balaban J connectivity index is 1.32.